The second-order valence-corrected chi connectivity index (χ2v) is 3.90. The van der Waals surface area contributed by atoms with E-state index in [1.54, 1.807) is 0 Å². The van der Waals surface area contributed by atoms with E-state index in [-0.39, 0.29) is 18.0 Å². The summed E-state index contributed by atoms with van der Waals surface area (Å²) in [6, 6.07) is 4.37. The van der Waals surface area contributed by atoms with E-state index in [1.165, 1.54) is 24.5 Å². The molecule has 0 spiro atoms. The van der Waals surface area contributed by atoms with Gasteiger partial charge in [0.1, 0.15) is 12.3 Å². The SMILES string of the molecule is O=C(O)Cn1cc(Oc2cccc(C(F)(F)F)c2)cn1. The molecule has 0 atom stereocenters. The zero-order chi connectivity index (χ0) is 14.8. The Labute approximate surface area is 111 Å². The van der Waals surface area contributed by atoms with Crippen molar-refractivity contribution in [3.05, 3.63) is 42.2 Å². The number of aliphatic carboxylic acids is 1. The molecule has 0 fully saturated rings. The highest BCUT2D eigenvalue weighted by atomic mass is 19.4. The number of hydrogen-bond acceptors (Lipinski definition) is 3. The summed E-state index contributed by atoms with van der Waals surface area (Å²) in [4.78, 5) is 10.5. The predicted octanol–water partition coefficient (Wildman–Crippen LogP) is 2.78. The lowest BCUT2D eigenvalue weighted by Gasteiger charge is -2.08. The highest BCUT2D eigenvalue weighted by molar-refractivity contribution is 5.66. The van der Waals surface area contributed by atoms with Crippen molar-refractivity contribution in [2.45, 2.75) is 12.7 Å². The van der Waals surface area contributed by atoms with Crippen LogP contribution in [0, 0.1) is 0 Å². The molecule has 0 aliphatic rings. The number of aromatic nitrogens is 2. The Balaban J connectivity index is 2.14. The minimum Gasteiger partial charge on any atom is -0.480 e. The van der Waals surface area contributed by atoms with Gasteiger partial charge in [0.05, 0.1) is 18.0 Å². The molecule has 20 heavy (non-hydrogen) atoms. The highest BCUT2D eigenvalue weighted by Gasteiger charge is 2.30. The monoisotopic (exact) mass is 286 g/mol. The number of ether oxygens (including phenoxy) is 1. The highest BCUT2D eigenvalue weighted by Crippen LogP contribution is 2.32. The summed E-state index contributed by atoms with van der Waals surface area (Å²) >= 11 is 0. The topological polar surface area (TPSA) is 64.3 Å². The van der Waals surface area contributed by atoms with Gasteiger partial charge in [-0.05, 0) is 18.2 Å². The van der Waals surface area contributed by atoms with Gasteiger partial charge in [-0.15, -0.1) is 0 Å². The molecule has 1 N–H and O–H groups in total. The lowest BCUT2D eigenvalue weighted by atomic mass is 10.2. The standard InChI is InChI=1S/C12H9F3N2O3/c13-12(14,15)8-2-1-3-9(4-8)20-10-5-16-17(6-10)7-11(18)19/h1-6H,7H2,(H,18,19). The summed E-state index contributed by atoms with van der Waals surface area (Å²) in [5.41, 5.74) is -0.826. The van der Waals surface area contributed by atoms with E-state index in [1.807, 2.05) is 0 Å². The molecule has 0 saturated heterocycles. The lowest BCUT2D eigenvalue weighted by molar-refractivity contribution is -0.138. The molecular weight excluding hydrogens is 277 g/mol. The number of nitrogens with zero attached hydrogens (tertiary/aromatic N) is 2. The molecule has 0 saturated carbocycles. The maximum Gasteiger partial charge on any atom is 0.416 e. The van der Waals surface area contributed by atoms with Gasteiger partial charge in [0, 0.05) is 0 Å². The molecule has 5 nitrogen and oxygen atoms in total. The van der Waals surface area contributed by atoms with Crippen LogP contribution in [0.1, 0.15) is 5.56 Å². The van der Waals surface area contributed by atoms with Crippen LogP contribution in [-0.4, -0.2) is 20.9 Å². The van der Waals surface area contributed by atoms with Crippen LogP contribution in [0.15, 0.2) is 36.7 Å². The van der Waals surface area contributed by atoms with Gasteiger partial charge in [0.25, 0.3) is 0 Å². The molecule has 2 aromatic rings. The number of carboxylic acids is 1. The van der Waals surface area contributed by atoms with E-state index in [9.17, 15) is 18.0 Å². The smallest absolute Gasteiger partial charge is 0.416 e. The van der Waals surface area contributed by atoms with E-state index in [2.05, 4.69) is 5.10 Å². The van der Waals surface area contributed by atoms with Crippen LogP contribution in [0.3, 0.4) is 0 Å². The number of carbonyl (C=O) groups is 1. The first-order valence-corrected chi connectivity index (χ1v) is 5.44. The Morgan fingerprint density at radius 3 is 2.75 bits per heavy atom. The van der Waals surface area contributed by atoms with Crippen LogP contribution >= 0.6 is 0 Å². The zero-order valence-corrected chi connectivity index (χ0v) is 9.96. The zero-order valence-electron chi connectivity index (χ0n) is 9.96. The van der Waals surface area contributed by atoms with E-state index in [0.29, 0.717) is 0 Å². The normalized spacial score (nSPS) is 11.3. The molecule has 1 aromatic carbocycles. The van der Waals surface area contributed by atoms with E-state index < -0.39 is 17.7 Å². The largest absolute Gasteiger partial charge is 0.480 e. The molecule has 0 bridgehead atoms. The van der Waals surface area contributed by atoms with E-state index >= 15 is 0 Å². The van der Waals surface area contributed by atoms with Gasteiger partial charge < -0.3 is 9.84 Å². The molecule has 2 rings (SSSR count). The average Bonchev–Trinajstić information content (AvgIpc) is 2.75. The third kappa shape index (κ3) is 3.50. The molecule has 1 heterocycles. The van der Waals surface area contributed by atoms with Crippen molar-refractivity contribution in [2.24, 2.45) is 0 Å². The Bertz CT molecular complexity index is 622. The molecule has 8 heteroatoms. The molecule has 0 aliphatic carbocycles. The number of alkyl halides is 3. The summed E-state index contributed by atoms with van der Waals surface area (Å²) in [6.07, 6.45) is -1.94. The lowest BCUT2D eigenvalue weighted by Crippen LogP contribution is -2.08. The van der Waals surface area contributed by atoms with Gasteiger partial charge in [-0.1, -0.05) is 6.07 Å². The summed E-state index contributed by atoms with van der Waals surface area (Å²) in [6.45, 7) is -0.355. The van der Waals surface area contributed by atoms with E-state index in [4.69, 9.17) is 9.84 Å². The van der Waals surface area contributed by atoms with Gasteiger partial charge in [-0.2, -0.15) is 18.3 Å². The predicted molar refractivity (Wildman–Crippen MR) is 61.4 cm³/mol. The van der Waals surface area contributed by atoms with Crippen molar-refractivity contribution >= 4 is 5.97 Å². The molecule has 0 unspecified atom stereocenters. The third-order valence-corrected chi connectivity index (χ3v) is 2.30. The molecule has 106 valence electrons. The van der Waals surface area contributed by atoms with E-state index in [0.717, 1.165) is 16.8 Å². The molecule has 0 amide bonds. The summed E-state index contributed by atoms with van der Waals surface area (Å²) in [5, 5.41) is 12.3. The maximum absolute atomic E-state index is 12.5. The van der Waals surface area contributed by atoms with Crippen LogP contribution in [0.4, 0.5) is 13.2 Å². The van der Waals surface area contributed by atoms with Crippen LogP contribution in [0.2, 0.25) is 0 Å². The van der Waals surface area contributed by atoms with Crippen LogP contribution < -0.4 is 4.74 Å². The fourth-order valence-corrected chi connectivity index (χ4v) is 1.49. The Morgan fingerprint density at radius 1 is 1.35 bits per heavy atom. The van der Waals surface area contributed by atoms with Crippen molar-refractivity contribution < 1.29 is 27.8 Å². The Kier molecular flexibility index (Phi) is 3.64. The summed E-state index contributed by atoms with van der Waals surface area (Å²) < 4.78 is 43.9. The Hall–Kier alpha value is -2.51. The molecular formula is C12H9F3N2O3. The number of hydrogen-bond donors (Lipinski definition) is 1. The molecule has 0 radical (unpaired) electrons. The minimum atomic E-state index is -4.45. The minimum absolute atomic E-state index is 0.00491. The van der Waals surface area contributed by atoms with Crippen molar-refractivity contribution in [3.63, 3.8) is 0 Å². The van der Waals surface area contributed by atoms with Gasteiger partial charge in [0.15, 0.2) is 5.75 Å². The first-order valence-electron chi connectivity index (χ1n) is 5.44. The number of rotatable bonds is 4. The third-order valence-electron chi connectivity index (χ3n) is 2.30. The summed E-state index contributed by atoms with van der Waals surface area (Å²) in [5.74, 6) is -0.931. The fourth-order valence-electron chi connectivity index (χ4n) is 1.49. The first-order chi connectivity index (χ1) is 9.34. The fraction of sp³-hybridized carbons (Fsp3) is 0.167. The van der Waals surface area contributed by atoms with Gasteiger partial charge in [0.2, 0.25) is 0 Å². The van der Waals surface area contributed by atoms with Crippen molar-refractivity contribution in [1.29, 1.82) is 0 Å². The quantitative estimate of drug-likeness (QED) is 0.938. The summed E-state index contributed by atoms with van der Waals surface area (Å²) in [7, 11) is 0. The van der Waals surface area contributed by atoms with Crippen LogP contribution in [0.25, 0.3) is 0 Å². The number of halogens is 3. The second-order valence-electron chi connectivity index (χ2n) is 3.90. The average molecular weight is 286 g/mol. The molecule has 1 aromatic heterocycles. The molecule has 0 aliphatic heterocycles. The Morgan fingerprint density at radius 2 is 2.10 bits per heavy atom. The maximum atomic E-state index is 12.5. The second kappa shape index (κ2) is 5.24. The van der Waals surface area contributed by atoms with Crippen molar-refractivity contribution in [1.82, 2.24) is 9.78 Å². The van der Waals surface area contributed by atoms with Crippen LogP contribution in [-0.2, 0) is 17.5 Å². The van der Waals surface area contributed by atoms with Crippen molar-refractivity contribution in [2.75, 3.05) is 0 Å². The van der Waals surface area contributed by atoms with Crippen LogP contribution in [0.5, 0.6) is 11.5 Å². The van der Waals surface area contributed by atoms with Gasteiger partial charge in [-0.3, -0.25) is 9.48 Å². The number of benzene rings is 1. The van der Waals surface area contributed by atoms with Gasteiger partial charge in [-0.25, -0.2) is 0 Å². The number of carboxylic acid groups (broad SMARTS) is 1. The van der Waals surface area contributed by atoms with Crippen molar-refractivity contribution in [3.8, 4) is 11.5 Å². The van der Waals surface area contributed by atoms with Gasteiger partial charge >= 0.3 is 12.1 Å². The first kappa shape index (κ1) is 13.9.